The molecule has 2 atom stereocenters. The van der Waals surface area contributed by atoms with Gasteiger partial charge in [-0.2, -0.15) is 12.6 Å². The molecule has 0 bridgehead atoms. The largest absolute Gasteiger partial charge is 0.469 e. The van der Waals surface area contributed by atoms with Crippen LogP contribution in [0, 0.1) is 11.8 Å². The predicted octanol–water partition coefficient (Wildman–Crippen LogP) is 2.32. The lowest BCUT2D eigenvalue weighted by Gasteiger charge is -2.38. The van der Waals surface area contributed by atoms with Crippen molar-refractivity contribution in [1.29, 1.82) is 0 Å². The zero-order valence-electron chi connectivity index (χ0n) is 13.9. The van der Waals surface area contributed by atoms with Crippen molar-refractivity contribution in [2.24, 2.45) is 11.8 Å². The maximum atomic E-state index is 11.7. The van der Waals surface area contributed by atoms with Gasteiger partial charge in [-0.3, -0.25) is 4.79 Å². The highest BCUT2D eigenvalue weighted by Crippen LogP contribution is 2.31. The monoisotopic (exact) mass is 314 g/mol. The minimum Gasteiger partial charge on any atom is -0.469 e. The van der Waals surface area contributed by atoms with E-state index in [1.165, 1.54) is 7.11 Å². The third-order valence-electron chi connectivity index (χ3n) is 4.59. The summed E-state index contributed by atoms with van der Waals surface area (Å²) in [4.78, 5) is 11.7. The molecule has 6 heteroatoms. The Morgan fingerprint density at radius 3 is 2.57 bits per heavy atom. The zero-order chi connectivity index (χ0) is 16.1. The number of hydrogen-bond acceptors (Lipinski definition) is 5. The third-order valence-corrected chi connectivity index (χ3v) is 5.13. The average molecular weight is 314 g/mol. The Hall–Kier alpha value is -0.195. The van der Waals surface area contributed by atoms with Crippen molar-refractivity contribution in [2.45, 2.75) is 57.2 Å². The molecule has 1 rings (SSSR count). The molecule has 0 amide bonds. The molecule has 2 unspecified atom stereocenters. The van der Waals surface area contributed by atoms with Crippen LogP contribution in [0.5, 0.6) is 0 Å². The van der Waals surface area contributed by atoms with Gasteiger partial charge in [0.15, 0.2) is 0 Å². The molecule has 1 fully saturated rings. The first kappa shape index (κ1) is 18.9. The smallest absolute Gasteiger partial charge is 0.310 e. The first-order valence-corrected chi connectivity index (χ1v) is 8.14. The summed E-state index contributed by atoms with van der Waals surface area (Å²) in [7, 11) is 3.34. The minimum absolute atomic E-state index is 0.00346. The number of carbonyl (C=O) groups excluding carboxylic acids is 1. The molecule has 0 aliphatic carbocycles. The molecule has 1 aliphatic heterocycles. The van der Waals surface area contributed by atoms with Gasteiger partial charge in [0.25, 0.3) is 7.48 Å². The Balaban J connectivity index is 2.24. The van der Waals surface area contributed by atoms with E-state index in [1.807, 2.05) is 21.3 Å². The summed E-state index contributed by atoms with van der Waals surface area (Å²) in [6, 6.07) is 0. The zero-order valence-corrected chi connectivity index (χ0v) is 14.8. The van der Waals surface area contributed by atoms with Crippen molar-refractivity contribution in [3.05, 3.63) is 0 Å². The number of thiol groups is 1. The van der Waals surface area contributed by atoms with Crippen molar-refractivity contribution in [3.8, 4) is 0 Å². The molecule has 4 nitrogen and oxygen atoms in total. The first-order valence-electron chi connectivity index (χ1n) is 7.69. The van der Waals surface area contributed by atoms with E-state index in [0.29, 0.717) is 5.92 Å². The molecule has 1 heterocycles. The molecule has 0 aromatic heterocycles. The molecule has 1 N–H and O–H groups in total. The van der Waals surface area contributed by atoms with E-state index in [9.17, 15) is 4.79 Å². The number of methoxy groups -OCH3 is 1. The van der Waals surface area contributed by atoms with Crippen LogP contribution < -0.4 is 5.32 Å². The van der Waals surface area contributed by atoms with Crippen molar-refractivity contribution in [2.75, 3.05) is 20.2 Å². The van der Waals surface area contributed by atoms with E-state index in [0.717, 1.165) is 32.3 Å². The number of ether oxygens (including phenoxy) is 1. The number of carbonyl (C=O) groups is 1. The van der Waals surface area contributed by atoms with Gasteiger partial charge in [0, 0.05) is 11.3 Å². The van der Waals surface area contributed by atoms with Crippen LogP contribution in [0.2, 0.25) is 6.32 Å². The van der Waals surface area contributed by atoms with Crippen molar-refractivity contribution < 1.29 is 14.2 Å². The van der Waals surface area contributed by atoms with Gasteiger partial charge in [-0.05, 0) is 46.6 Å². The summed E-state index contributed by atoms with van der Waals surface area (Å²) in [5.41, 5.74) is -0.306. The topological polar surface area (TPSA) is 47.6 Å². The molecular formula is C15H29BNO3S. The van der Waals surface area contributed by atoms with Gasteiger partial charge in [0.1, 0.15) is 0 Å². The lowest BCUT2D eigenvalue weighted by atomic mass is 9.83. The lowest BCUT2D eigenvalue weighted by molar-refractivity contribution is -0.146. The molecular weight excluding hydrogens is 285 g/mol. The highest BCUT2D eigenvalue weighted by Gasteiger charge is 2.35. The summed E-state index contributed by atoms with van der Waals surface area (Å²) in [5.74, 6) is 0.284. The van der Waals surface area contributed by atoms with Gasteiger partial charge < -0.3 is 14.7 Å². The maximum absolute atomic E-state index is 11.7. The van der Waals surface area contributed by atoms with Crippen LogP contribution in [0.15, 0.2) is 0 Å². The predicted molar refractivity (Wildman–Crippen MR) is 89.9 cm³/mol. The van der Waals surface area contributed by atoms with Crippen LogP contribution in [0.25, 0.3) is 0 Å². The quantitative estimate of drug-likeness (QED) is 0.312. The summed E-state index contributed by atoms with van der Waals surface area (Å²) in [6.45, 7) is 9.83. The molecule has 0 saturated carbocycles. The fourth-order valence-corrected chi connectivity index (χ4v) is 2.39. The summed E-state index contributed by atoms with van der Waals surface area (Å²) >= 11 is 4.57. The Kier molecular flexibility index (Phi) is 7.08. The van der Waals surface area contributed by atoms with Gasteiger partial charge in [0.2, 0.25) is 0 Å². The standard InChI is InChI=1S/C15H29BNO3S/c1-14(2,15(3,4)21)20-16-8-6-7-11-9-17-10-12(11)13(18)19-5/h11-12,17,21H,6-10H2,1-5H3. The van der Waals surface area contributed by atoms with E-state index in [1.54, 1.807) is 0 Å². The van der Waals surface area contributed by atoms with E-state index in [-0.39, 0.29) is 22.2 Å². The first-order chi connectivity index (χ1) is 9.69. The molecule has 0 spiro atoms. The van der Waals surface area contributed by atoms with E-state index in [2.05, 4.69) is 31.8 Å². The molecule has 1 saturated heterocycles. The van der Waals surface area contributed by atoms with Gasteiger partial charge in [-0.25, -0.2) is 0 Å². The normalized spacial score (nSPS) is 23.1. The highest BCUT2D eigenvalue weighted by molar-refractivity contribution is 7.81. The Morgan fingerprint density at radius 2 is 2.00 bits per heavy atom. The molecule has 1 aliphatic rings. The number of rotatable bonds is 8. The summed E-state index contributed by atoms with van der Waals surface area (Å²) < 4.78 is 10.5. The second kappa shape index (κ2) is 7.88. The summed E-state index contributed by atoms with van der Waals surface area (Å²) in [6.07, 6.45) is 2.91. The Morgan fingerprint density at radius 1 is 1.33 bits per heavy atom. The van der Waals surface area contributed by atoms with E-state index >= 15 is 0 Å². The van der Waals surface area contributed by atoms with E-state index in [4.69, 9.17) is 9.39 Å². The van der Waals surface area contributed by atoms with Crippen LogP contribution in [0.1, 0.15) is 40.5 Å². The molecule has 0 aromatic carbocycles. The van der Waals surface area contributed by atoms with Crippen molar-refractivity contribution >= 4 is 26.1 Å². The second-order valence-corrected chi connectivity index (χ2v) is 7.95. The lowest BCUT2D eigenvalue weighted by Crippen LogP contribution is -2.44. The van der Waals surface area contributed by atoms with Crippen LogP contribution in [-0.4, -0.2) is 44.0 Å². The summed E-state index contributed by atoms with van der Waals surface area (Å²) in [5, 5.41) is 3.27. The fraction of sp³-hybridized carbons (Fsp3) is 0.933. The second-order valence-electron chi connectivity index (χ2n) is 6.83. The van der Waals surface area contributed by atoms with Crippen molar-refractivity contribution in [1.82, 2.24) is 5.32 Å². The molecule has 121 valence electrons. The van der Waals surface area contributed by atoms with E-state index < -0.39 is 0 Å². The number of nitrogens with one attached hydrogen (secondary N) is 1. The molecule has 0 aromatic rings. The number of esters is 1. The van der Waals surface area contributed by atoms with Crippen LogP contribution in [0.4, 0.5) is 0 Å². The van der Waals surface area contributed by atoms with Gasteiger partial charge in [0.05, 0.1) is 18.6 Å². The minimum atomic E-state index is -0.306. The van der Waals surface area contributed by atoms with Crippen molar-refractivity contribution in [3.63, 3.8) is 0 Å². The maximum Gasteiger partial charge on any atom is 0.310 e. The molecule has 1 radical (unpaired) electrons. The average Bonchev–Trinajstić information content (AvgIpc) is 2.84. The SMILES string of the molecule is COC(=O)C1CNCC1CCC[B]OC(C)(C)C(C)(C)S. The van der Waals surface area contributed by atoms with Gasteiger partial charge in [-0.15, -0.1) is 0 Å². The third kappa shape index (κ3) is 5.49. The Bertz CT molecular complexity index is 344. The van der Waals surface area contributed by atoms with Crippen LogP contribution in [-0.2, 0) is 14.2 Å². The van der Waals surface area contributed by atoms with Gasteiger partial charge in [-0.1, -0.05) is 12.7 Å². The fourth-order valence-electron chi connectivity index (χ4n) is 2.34. The van der Waals surface area contributed by atoms with Gasteiger partial charge >= 0.3 is 5.97 Å². The van der Waals surface area contributed by atoms with Crippen LogP contribution >= 0.6 is 12.6 Å². The highest BCUT2D eigenvalue weighted by atomic mass is 32.1. The molecule has 21 heavy (non-hydrogen) atoms. The Labute approximate surface area is 135 Å². The van der Waals surface area contributed by atoms with Crippen LogP contribution in [0.3, 0.4) is 0 Å². The number of hydrogen-bond donors (Lipinski definition) is 2.